The predicted octanol–water partition coefficient (Wildman–Crippen LogP) is 2.23. The van der Waals surface area contributed by atoms with Crippen molar-refractivity contribution in [2.24, 2.45) is 0 Å². The Bertz CT molecular complexity index is 582. The predicted molar refractivity (Wildman–Crippen MR) is 80.7 cm³/mol. The van der Waals surface area contributed by atoms with Crippen molar-refractivity contribution in [3.8, 4) is 5.75 Å². The van der Waals surface area contributed by atoms with Crippen LogP contribution in [0.25, 0.3) is 0 Å². The van der Waals surface area contributed by atoms with Gasteiger partial charge >= 0.3 is 11.8 Å². The van der Waals surface area contributed by atoms with Crippen LogP contribution in [0.4, 0.5) is 16.2 Å². The quantitative estimate of drug-likeness (QED) is 0.652. The van der Waals surface area contributed by atoms with Gasteiger partial charge in [0, 0.05) is 36.4 Å². The molecular formula is C14H19N3O5. The zero-order valence-electron chi connectivity index (χ0n) is 12.5. The van der Waals surface area contributed by atoms with Crippen LogP contribution in [-0.4, -0.2) is 41.9 Å². The second kappa shape index (κ2) is 6.08. The fraction of sp³-hybridized carbons (Fsp3) is 0.500. The highest BCUT2D eigenvalue weighted by Crippen LogP contribution is 2.33. The molecule has 1 saturated heterocycles. The van der Waals surface area contributed by atoms with Crippen LogP contribution in [0.2, 0.25) is 0 Å². The number of hydrogen-bond acceptors (Lipinski definition) is 5. The number of amides is 1. The Labute approximate surface area is 127 Å². The summed E-state index contributed by atoms with van der Waals surface area (Å²) in [5.41, 5.74) is 0.327. The third-order valence-corrected chi connectivity index (χ3v) is 4.00. The van der Waals surface area contributed by atoms with Crippen molar-refractivity contribution in [3.63, 3.8) is 0 Å². The number of methoxy groups -OCH3 is 1. The fourth-order valence-corrected chi connectivity index (χ4v) is 2.66. The number of nitrogens with zero attached hydrogens (tertiary/aromatic N) is 2. The summed E-state index contributed by atoms with van der Waals surface area (Å²) in [5.74, 6) is 0.222. The highest BCUT2D eigenvalue weighted by molar-refractivity contribution is 5.66. The maximum atomic E-state index is 10.9. The highest BCUT2D eigenvalue weighted by Gasteiger charge is 2.32. The molecule has 0 aliphatic carbocycles. The van der Waals surface area contributed by atoms with Crippen LogP contribution >= 0.6 is 0 Å². The van der Waals surface area contributed by atoms with Crippen LogP contribution in [0.15, 0.2) is 18.2 Å². The first-order valence-electron chi connectivity index (χ1n) is 6.93. The zero-order valence-corrected chi connectivity index (χ0v) is 12.5. The number of rotatable bonds is 4. The third-order valence-electron chi connectivity index (χ3n) is 4.00. The number of benzene rings is 1. The maximum Gasteiger partial charge on any atom is 0.405 e. The van der Waals surface area contributed by atoms with E-state index in [0.29, 0.717) is 25.9 Å². The summed E-state index contributed by atoms with van der Waals surface area (Å²) in [6.45, 7) is 3.21. The minimum Gasteiger partial charge on any atom is -0.490 e. The molecule has 1 fully saturated rings. The van der Waals surface area contributed by atoms with Crippen LogP contribution < -0.4 is 15.0 Å². The summed E-state index contributed by atoms with van der Waals surface area (Å²) in [6, 6.07) is 4.76. The Balaban J connectivity index is 2.11. The Morgan fingerprint density at radius 1 is 1.45 bits per heavy atom. The summed E-state index contributed by atoms with van der Waals surface area (Å²) in [7, 11) is 1.40. The van der Waals surface area contributed by atoms with Crippen molar-refractivity contribution in [3.05, 3.63) is 28.3 Å². The van der Waals surface area contributed by atoms with Gasteiger partial charge in [0.2, 0.25) is 0 Å². The molecule has 1 aliphatic heterocycles. The number of anilines is 1. The Morgan fingerprint density at radius 2 is 2.09 bits per heavy atom. The van der Waals surface area contributed by atoms with E-state index in [-0.39, 0.29) is 11.4 Å². The number of nitrogens with one attached hydrogen (secondary N) is 1. The lowest BCUT2D eigenvalue weighted by Crippen LogP contribution is -2.53. The van der Waals surface area contributed by atoms with Gasteiger partial charge in [0.05, 0.1) is 12.0 Å². The van der Waals surface area contributed by atoms with Crippen molar-refractivity contribution < 1.29 is 19.6 Å². The van der Waals surface area contributed by atoms with Crippen molar-refractivity contribution in [2.75, 3.05) is 25.1 Å². The Hall–Kier alpha value is -2.51. The van der Waals surface area contributed by atoms with Gasteiger partial charge in [-0.3, -0.25) is 10.1 Å². The van der Waals surface area contributed by atoms with E-state index >= 15 is 0 Å². The lowest BCUT2D eigenvalue weighted by molar-refractivity contribution is -0.385. The van der Waals surface area contributed by atoms with Crippen LogP contribution in [0.1, 0.15) is 19.8 Å². The molecule has 0 aromatic heterocycles. The van der Waals surface area contributed by atoms with Crippen molar-refractivity contribution in [1.29, 1.82) is 0 Å². The first-order valence-corrected chi connectivity index (χ1v) is 6.93. The molecule has 0 atom stereocenters. The number of hydrogen-bond donors (Lipinski definition) is 2. The monoisotopic (exact) mass is 309 g/mol. The molecule has 22 heavy (non-hydrogen) atoms. The summed E-state index contributed by atoms with van der Waals surface area (Å²) < 4.78 is 5.07. The van der Waals surface area contributed by atoms with E-state index < -0.39 is 16.6 Å². The van der Waals surface area contributed by atoms with Crippen molar-refractivity contribution >= 4 is 17.5 Å². The molecule has 8 heteroatoms. The highest BCUT2D eigenvalue weighted by atomic mass is 16.6. The molecule has 1 aromatic carbocycles. The number of nitro groups is 1. The van der Waals surface area contributed by atoms with Gasteiger partial charge in [0.15, 0.2) is 5.75 Å². The van der Waals surface area contributed by atoms with Gasteiger partial charge in [-0.15, -0.1) is 0 Å². The summed E-state index contributed by atoms with van der Waals surface area (Å²) in [4.78, 5) is 23.3. The largest absolute Gasteiger partial charge is 0.490 e. The third kappa shape index (κ3) is 3.38. The minimum absolute atomic E-state index is 0.0689. The fourth-order valence-electron chi connectivity index (χ4n) is 2.66. The van der Waals surface area contributed by atoms with Gasteiger partial charge in [-0.1, -0.05) is 0 Å². The smallest absolute Gasteiger partial charge is 0.405 e. The van der Waals surface area contributed by atoms with Crippen LogP contribution in [-0.2, 0) is 0 Å². The van der Waals surface area contributed by atoms with Gasteiger partial charge < -0.3 is 20.1 Å². The maximum absolute atomic E-state index is 10.9. The van der Waals surface area contributed by atoms with E-state index in [9.17, 15) is 14.9 Å². The molecule has 8 nitrogen and oxygen atoms in total. The molecule has 1 amide bonds. The molecular weight excluding hydrogens is 290 g/mol. The van der Waals surface area contributed by atoms with E-state index in [2.05, 4.69) is 10.2 Å². The van der Waals surface area contributed by atoms with E-state index in [4.69, 9.17) is 9.84 Å². The molecule has 120 valence electrons. The van der Waals surface area contributed by atoms with Crippen LogP contribution in [0, 0.1) is 10.1 Å². The first kappa shape index (κ1) is 15.9. The number of nitro benzene ring substituents is 1. The number of ether oxygens (including phenoxy) is 1. The van der Waals surface area contributed by atoms with E-state index in [1.165, 1.54) is 13.2 Å². The molecule has 0 bridgehead atoms. The average Bonchev–Trinajstić information content (AvgIpc) is 2.46. The molecule has 0 radical (unpaired) electrons. The number of carboxylic acid groups (broad SMARTS) is 1. The summed E-state index contributed by atoms with van der Waals surface area (Å²) in [5, 5.41) is 22.3. The summed E-state index contributed by atoms with van der Waals surface area (Å²) in [6.07, 6.45) is 0.310. The second-order valence-electron chi connectivity index (χ2n) is 5.59. The topological polar surface area (TPSA) is 105 Å². The van der Waals surface area contributed by atoms with Gasteiger partial charge in [-0.05, 0) is 25.8 Å². The molecule has 1 aliphatic rings. The zero-order chi connectivity index (χ0) is 16.3. The SMILES string of the molecule is COc1cc(N2CCC(C)(NC(=O)O)CC2)ccc1[N+](=O)[O-]. The van der Waals surface area contributed by atoms with E-state index in [1.54, 1.807) is 12.1 Å². The van der Waals surface area contributed by atoms with Crippen LogP contribution in [0.5, 0.6) is 5.75 Å². The first-order chi connectivity index (χ1) is 10.3. The van der Waals surface area contributed by atoms with Crippen LogP contribution in [0.3, 0.4) is 0 Å². The molecule has 2 N–H and O–H groups in total. The van der Waals surface area contributed by atoms with Gasteiger partial charge in [-0.2, -0.15) is 0 Å². The standard InChI is InChI=1S/C14H19N3O5/c1-14(15-13(18)19)5-7-16(8-6-14)10-3-4-11(17(20)21)12(9-10)22-2/h3-4,9,15H,5-8H2,1-2H3,(H,18,19). The minimum atomic E-state index is -1.02. The Kier molecular flexibility index (Phi) is 4.39. The number of piperidine rings is 1. The molecule has 2 rings (SSSR count). The second-order valence-corrected chi connectivity index (χ2v) is 5.59. The summed E-state index contributed by atoms with van der Waals surface area (Å²) >= 11 is 0. The Morgan fingerprint density at radius 3 is 2.59 bits per heavy atom. The van der Waals surface area contributed by atoms with Crippen molar-refractivity contribution in [2.45, 2.75) is 25.3 Å². The molecule has 0 spiro atoms. The van der Waals surface area contributed by atoms with Crippen molar-refractivity contribution in [1.82, 2.24) is 5.32 Å². The normalized spacial score (nSPS) is 16.9. The molecule has 1 aromatic rings. The lowest BCUT2D eigenvalue weighted by Gasteiger charge is -2.40. The number of carbonyl (C=O) groups is 1. The van der Waals surface area contributed by atoms with E-state index in [0.717, 1.165) is 5.69 Å². The van der Waals surface area contributed by atoms with Gasteiger partial charge in [0.1, 0.15) is 0 Å². The molecule has 1 heterocycles. The van der Waals surface area contributed by atoms with E-state index in [1.807, 2.05) is 6.92 Å². The average molecular weight is 309 g/mol. The molecule has 0 unspecified atom stereocenters. The lowest BCUT2D eigenvalue weighted by atomic mass is 9.89. The molecule has 0 saturated carbocycles. The van der Waals surface area contributed by atoms with Gasteiger partial charge in [-0.25, -0.2) is 4.79 Å². The van der Waals surface area contributed by atoms with Gasteiger partial charge in [0.25, 0.3) is 0 Å².